The Labute approximate surface area is 353 Å². The van der Waals surface area contributed by atoms with Gasteiger partial charge in [0.2, 0.25) is 0 Å². The molecule has 0 amide bonds. The molecular formula is C50H56Cl2Si4. The van der Waals surface area contributed by atoms with Crippen molar-refractivity contribution in [3.8, 4) is 46.6 Å². The molecule has 0 saturated carbocycles. The number of allylic oxidation sites excluding steroid dienone is 4. The standard InChI is InChI=1S/C50H56Cl2Si4/c1-49(2,3)55(41-27-17-13-18-28-41,42-29-19-14-20-30-42)47(37-39-53(7,8)9)45(51)35-25-26-36-46(52)48(38-40-54(10,11)12)56(50(4,5)6,43-31-21-15-22-32-43)44-33-23-16-24-34-44/h13-24,27-34H,1-12H3/b47-45+,48-46+. The first kappa shape index (κ1) is 44.8. The molecule has 4 aromatic rings. The van der Waals surface area contributed by atoms with Crippen LogP contribution in [0.3, 0.4) is 0 Å². The summed E-state index contributed by atoms with van der Waals surface area (Å²) in [6.07, 6.45) is 0. The Hall–Kier alpha value is -3.95. The summed E-state index contributed by atoms with van der Waals surface area (Å²) in [6.45, 7) is 27.4. The number of halogens is 2. The second-order valence-corrected chi connectivity index (χ2v) is 37.9. The monoisotopic (exact) mass is 838 g/mol. The highest BCUT2D eigenvalue weighted by molar-refractivity contribution is 7.11. The van der Waals surface area contributed by atoms with Gasteiger partial charge in [-0.3, -0.25) is 0 Å². The van der Waals surface area contributed by atoms with Crippen LogP contribution in [-0.2, 0) is 0 Å². The van der Waals surface area contributed by atoms with Crippen molar-refractivity contribution in [2.75, 3.05) is 0 Å². The molecule has 0 saturated heterocycles. The Morgan fingerprint density at radius 3 is 0.821 bits per heavy atom. The number of hydrogen-bond acceptors (Lipinski definition) is 0. The van der Waals surface area contributed by atoms with Crippen molar-refractivity contribution in [3.63, 3.8) is 0 Å². The van der Waals surface area contributed by atoms with Gasteiger partial charge in [-0.05, 0) is 54.5 Å². The minimum Gasteiger partial charge on any atom is -0.127 e. The van der Waals surface area contributed by atoms with E-state index >= 15 is 0 Å². The maximum atomic E-state index is 7.47. The van der Waals surface area contributed by atoms with E-state index in [0.29, 0.717) is 10.1 Å². The zero-order valence-corrected chi connectivity index (χ0v) is 40.8. The lowest BCUT2D eigenvalue weighted by Gasteiger charge is -2.44. The van der Waals surface area contributed by atoms with Crippen molar-refractivity contribution < 1.29 is 0 Å². The largest absolute Gasteiger partial charge is 0.166 e. The second-order valence-electron chi connectivity index (χ2n) is 18.3. The average molecular weight is 840 g/mol. The third-order valence-corrected chi connectivity index (χ3v) is 24.0. The van der Waals surface area contributed by atoms with Crippen LogP contribution in [-0.4, -0.2) is 32.3 Å². The van der Waals surface area contributed by atoms with Crippen LogP contribution in [0.1, 0.15) is 41.5 Å². The first-order chi connectivity index (χ1) is 26.2. The molecule has 0 N–H and O–H groups in total. The summed E-state index contributed by atoms with van der Waals surface area (Å²) in [7, 11) is -9.42. The van der Waals surface area contributed by atoms with Crippen molar-refractivity contribution in [3.05, 3.63) is 142 Å². The predicted molar refractivity (Wildman–Crippen MR) is 259 cm³/mol. The van der Waals surface area contributed by atoms with Gasteiger partial charge in [0.1, 0.15) is 16.1 Å². The van der Waals surface area contributed by atoms with E-state index in [4.69, 9.17) is 23.2 Å². The predicted octanol–water partition coefficient (Wildman–Crippen LogP) is 10.9. The molecule has 6 heteroatoms. The maximum Gasteiger partial charge on any atom is 0.166 e. The van der Waals surface area contributed by atoms with Gasteiger partial charge in [-0.2, -0.15) is 0 Å². The average Bonchev–Trinajstić information content (AvgIpc) is 3.13. The quantitative estimate of drug-likeness (QED) is 0.134. The van der Waals surface area contributed by atoms with Crippen LogP contribution in [0.4, 0.5) is 0 Å². The number of benzene rings is 4. The van der Waals surface area contributed by atoms with E-state index in [1.807, 2.05) is 0 Å². The molecule has 0 fully saturated rings. The molecule has 0 aliphatic rings. The van der Waals surface area contributed by atoms with Crippen molar-refractivity contribution >= 4 is 76.2 Å². The number of rotatable bonds is 6. The lowest BCUT2D eigenvalue weighted by Crippen LogP contribution is -2.66. The van der Waals surface area contributed by atoms with E-state index in [0.717, 1.165) is 10.4 Å². The van der Waals surface area contributed by atoms with Gasteiger partial charge in [0.15, 0.2) is 16.1 Å². The normalized spacial score (nSPS) is 13.2. The maximum absolute atomic E-state index is 7.47. The Bertz CT molecular complexity index is 2060. The third-order valence-electron chi connectivity index (χ3n) is 9.80. The van der Waals surface area contributed by atoms with Crippen LogP contribution in [0.2, 0.25) is 49.4 Å². The number of hydrogen-bond donors (Lipinski definition) is 0. The van der Waals surface area contributed by atoms with Crippen LogP contribution in [0.25, 0.3) is 0 Å². The van der Waals surface area contributed by atoms with Crippen molar-refractivity contribution in [1.82, 2.24) is 0 Å². The highest BCUT2D eigenvalue weighted by Gasteiger charge is 2.52. The van der Waals surface area contributed by atoms with Crippen molar-refractivity contribution in [1.29, 1.82) is 0 Å². The molecule has 0 radical (unpaired) electrons. The Balaban J connectivity index is 2.11. The fourth-order valence-corrected chi connectivity index (χ4v) is 20.7. The van der Waals surface area contributed by atoms with E-state index in [2.05, 4.69) is 249 Å². The zero-order chi connectivity index (χ0) is 41.4. The van der Waals surface area contributed by atoms with Crippen LogP contribution in [0.5, 0.6) is 0 Å². The molecule has 4 rings (SSSR count). The van der Waals surface area contributed by atoms with Gasteiger partial charge in [0.05, 0.1) is 10.1 Å². The first-order valence-corrected chi connectivity index (χ1v) is 31.0. The topological polar surface area (TPSA) is 0 Å². The summed E-state index contributed by atoms with van der Waals surface area (Å²) in [5, 5.41) is 7.25. The summed E-state index contributed by atoms with van der Waals surface area (Å²) in [4.78, 5) is 0. The molecular weight excluding hydrogens is 784 g/mol. The highest BCUT2D eigenvalue weighted by atomic mass is 35.5. The molecule has 0 bridgehead atoms. The summed E-state index contributed by atoms with van der Waals surface area (Å²) in [5.41, 5.74) is 7.35. The molecule has 4 aromatic carbocycles. The lowest BCUT2D eigenvalue weighted by molar-refractivity contribution is 0.736. The molecule has 0 aliphatic carbocycles. The lowest BCUT2D eigenvalue weighted by atomic mass is 10.2. The van der Waals surface area contributed by atoms with Crippen LogP contribution < -0.4 is 20.7 Å². The molecule has 56 heavy (non-hydrogen) atoms. The Morgan fingerprint density at radius 2 is 0.625 bits per heavy atom. The van der Waals surface area contributed by atoms with Crippen LogP contribution in [0.15, 0.2) is 142 Å². The molecule has 286 valence electrons. The van der Waals surface area contributed by atoms with Gasteiger partial charge >= 0.3 is 0 Å². The van der Waals surface area contributed by atoms with Gasteiger partial charge < -0.3 is 0 Å². The smallest absolute Gasteiger partial charge is 0.127 e. The molecule has 0 heterocycles. The van der Waals surface area contributed by atoms with E-state index < -0.39 is 32.3 Å². The molecule has 0 aromatic heterocycles. The first-order valence-electron chi connectivity index (χ1n) is 19.3. The van der Waals surface area contributed by atoms with Gasteiger partial charge in [0, 0.05) is 10.4 Å². The summed E-state index contributed by atoms with van der Waals surface area (Å²) in [6, 6.07) is 43.0. The van der Waals surface area contributed by atoms with Gasteiger partial charge in [-0.15, -0.1) is 11.1 Å². The molecule has 0 aliphatic heterocycles. The fraction of sp³-hybridized carbons (Fsp3) is 0.280. The van der Waals surface area contributed by atoms with Gasteiger partial charge in [-0.1, -0.05) is 237 Å². The van der Waals surface area contributed by atoms with E-state index in [1.165, 1.54) is 20.7 Å². The minimum absolute atomic E-state index is 0.210. The molecule has 0 unspecified atom stereocenters. The van der Waals surface area contributed by atoms with E-state index in [-0.39, 0.29) is 10.1 Å². The minimum atomic E-state index is -2.89. The van der Waals surface area contributed by atoms with Gasteiger partial charge in [-0.25, -0.2) is 0 Å². The second kappa shape index (κ2) is 18.1. The van der Waals surface area contributed by atoms with Crippen molar-refractivity contribution in [2.45, 2.75) is 90.9 Å². The van der Waals surface area contributed by atoms with E-state index in [9.17, 15) is 0 Å². The molecule has 0 spiro atoms. The zero-order valence-electron chi connectivity index (χ0n) is 35.3. The van der Waals surface area contributed by atoms with Crippen LogP contribution >= 0.6 is 23.2 Å². The summed E-state index contributed by atoms with van der Waals surface area (Å²) < 4.78 is 0. The summed E-state index contributed by atoms with van der Waals surface area (Å²) in [5.74, 6) is 20.3. The highest BCUT2D eigenvalue weighted by Crippen LogP contribution is 2.43. The van der Waals surface area contributed by atoms with E-state index in [1.54, 1.807) is 0 Å². The third kappa shape index (κ3) is 10.1. The summed E-state index contributed by atoms with van der Waals surface area (Å²) >= 11 is 14.9. The molecule has 0 atom stereocenters. The molecule has 0 nitrogen and oxygen atoms in total. The fourth-order valence-electron chi connectivity index (χ4n) is 7.57. The van der Waals surface area contributed by atoms with Crippen molar-refractivity contribution in [2.24, 2.45) is 0 Å². The van der Waals surface area contributed by atoms with Crippen LogP contribution in [0, 0.1) is 46.6 Å². The van der Waals surface area contributed by atoms with Gasteiger partial charge in [0.25, 0.3) is 0 Å². The SMILES string of the molecule is CC(C)(C)[Si](/C(C#C[Si](C)(C)C)=C(/Cl)C#CC#C/C(Cl)=C(/C#C[Si](C)(C)C)[Si](c1ccccc1)(c1ccccc1)C(C)(C)C)(c1ccccc1)c1ccccc1. The Morgan fingerprint density at radius 1 is 0.393 bits per heavy atom. The Kier molecular flexibility index (Phi) is 14.5.